The molecule has 5 heteroatoms. The van der Waals surface area contributed by atoms with Gasteiger partial charge in [0.1, 0.15) is 5.92 Å². The largest absolute Gasteiger partial charge is 0.369 e. The molecule has 3 aromatic rings. The van der Waals surface area contributed by atoms with Gasteiger partial charge in [0.2, 0.25) is 5.91 Å². The summed E-state index contributed by atoms with van der Waals surface area (Å²) in [4.78, 5) is 20.4. The summed E-state index contributed by atoms with van der Waals surface area (Å²) in [5.74, 6) is -1.17. The molecular weight excluding hydrogens is 454 g/mol. The lowest BCUT2D eigenvalue weighted by atomic mass is 9.89. The summed E-state index contributed by atoms with van der Waals surface area (Å²) in [5, 5.41) is 0.532. The molecule has 4 nitrogen and oxygen atoms in total. The molecular formula is C30H38ClN3O. The van der Waals surface area contributed by atoms with Crippen LogP contribution in [0.2, 0.25) is 5.02 Å². The number of amides is 1. The molecule has 0 aliphatic rings. The van der Waals surface area contributed by atoms with Gasteiger partial charge >= 0.3 is 0 Å². The third-order valence-corrected chi connectivity index (χ3v) is 7.03. The molecule has 186 valence electrons. The summed E-state index contributed by atoms with van der Waals surface area (Å²) in [6, 6.07) is 16.1. The molecule has 1 atom stereocenters. The molecule has 2 aromatic carbocycles. The van der Waals surface area contributed by atoms with E-state index in [1.165, 1.54) is 11.1 Å². The Balaban J connectivity index is 2.20. The molecule has 1 unspecified atom stereocenters. The van der Waals surface area contributed by atoms with E-state index in [1.807, 2.05) is 31.2 Å². The molecule has 2 N–H and O–H groups in total. The Kier molecular flexibility index (Phi) is 9.47. The van der Waals surface area contributed by atoms with Crippen molar-refractivity contribution in [2.45, 2.75) is 66.3 Å². The summed E-state index contributed by atoms with van der Waals surface area (Å²) in [6.07, 6.45) is 3.41. The van der Waals surface area contributed by atoms with Crippen molar-refractivity contribution in [2.24, 2.45) is 5.73 Å². The number of unbranched alkanes of at least 4 members (excludes halogenated alkanes) is 1. The van der Waals surface area contributed by atoms with Crippen molar-refractivity contribution in [1.82, 2.24) is 9.88 Å². The standard InChI is InChI=1S/C30H38ClN3O/c1-6-8-16-34(15-7-2)19-23-17-26(24-13-9-11-20(3)22(24)5)33-27(18-23)29(30(32)35)28-21(4)12-10-14-25(28)31/h9-14,17-18,29H,6-8,15-16,19H2,1-5H3,(H2,32,35). The van der Waals surface area contributed by atoms with Crippen molar-refractivity contribution < 1.29 is 4.79 Å². The van der Waals surface area contributed by atoms with E-state index in [0.29, 0.717) is 10.7 Å². The lowest BCUT2D eigenvalue weighted by Crippen LogP contribution is -2.27. The van der Waals surface area contributed by atoms with Crippen LogP contribution >= 0.6 is 11.6 Å². The van der Waals surface area contributed by atoms with Crippen LogP contribution in [0.4, 0.5) is 0 Å². The highest BCUT2D eigenvalue weighted by atomic mass is 35.5. The second kappa shape index (κ2) is 12.3. The lowest BCUT2D eigenvalue weighted by Gasteiger charge is -2.24. The van der Waals surface area contributed by atoms with Gasteiger partial charge in [0.25, 0.3) is 0 Å². The van der Waals surface area contributed by atoms with E-state index in [9.17, 15) is 4.79 Å². The average Bonchev–Trinajstić information content (AvgIpc) is 2.81. The van der Waals surface area contributed by atoms with E-state index < -0.39 is 11.8 Å². The number of nitrogens with two attached hydrogens (primary N) is 1. The first-order valence-electron chi connectivity index (χ1n) is 12.6. The van der Waals surface area contributed by atoms with Gasteiger partial charge in [0.05, 0.1) is 11.4 Å². The average molecular weight is 492 g/mol. The van der Waals surface area contributed by atoms with E-state index >= 15 is 0 Å². The molecule has 0 aliphatic heterocycles. The van der Waals surface area contributed by atoms with Crippen LogP contribution < -0.4 is 5.73 Å². The predicted molar refractivity (Wildman–Crippen MR) is 147 cm³/mol. The molecule has 1 amide bonds. The van der Waals surface area contributed by atoms with E-state index in [2.05, 4.69) is 56.9 Å². The minimum Gasteiger partial charge on any atom is -0.369 e. The van der Waals surface area contributed by atoms with Crippen LogP contribution in [0.3, 0.4) is 0 Å². The number of carbonyl (C=O) groups is 1. The molecule has 0 bridgehead atoms. The van der Waals surface area contributed by atoms with Crippen LogP contribution in [-0.4, -0.2) is 28.9 Å². The number of pyridine rings is 1. The normalized spacial score (nSPS) is 12.2. The highest BCUT2D eigenvalue weighted by Gasteiger charge is 2.27. The number of primary amides is 1. The number of carbonyl (C=O) groups excluding carboxylic acids is 1. The molecule has 1 aromatic heterocycles. The first kappa shape index (κ1) is 26.9. The second-order valence-corrected chi connectivity index (χ2v) is 9.88. The Bertz CT molecular complexity index is 1150. The minimum absolute atomic E-state index is 0.450. The molecule has 0 spiro atoms. The maximum Gasteiger partial charge on any atom is 0.231 e. The Morgan fingerprint density at radius 2 is 1.71 bits per heavy atom. The maximum atomic E-state index is 12.9. The number of hydrogen-bond acceptors (Lipinski definition) is 3. The summed E-state index contributed by atoms with van der Waals surface area (Å²) in [7, 11) is 0. The van der Waals surface area contributed by atoms with Crippen molar-refractivity contribution in [3.8, 4) is 11.3 Å². The molecule has 0 saturated heterocycles. The van der Waals surface area contributed by atoms with Crippen LogP contribution in [0.5, 0.6) is 0 Å². The molecule has 0 aliphatic carbocycles. The number of halogens is 1. The lowest BCUT2D eigenvalue weighted by molar-refractivity contribution is -0.118. The Morgan fingerprint density at radius 1 is 1.00 bits per heavy atom. The molecule has 35 heavy (non-hydrogen) atoms. The third kappa shape index (κ3) is 6.50. The topological polar surface area (TPSA) is 59.2 Å². The molecule has 0 radical (unpaired) electrons. The van der Waals surface area contributed by atoms with Crippen LogP contribution in [0.15, 0.2) is 48.5 Å². The van der Waals surface area contributed by atoms with Gasteiger partial charge in [0, 0.05) is 17.1 Å². The maximum absolute atomic E-state index is 12.9. The summed E-state index contributed by atoms with van der Waals surface area (Å²) in [6.45, 7) is 13.5. The fourth-order valence-electron chi connectivity index (χ4n) is 4.69. The Labute approximate surface area is 215 Å². The van der Waals surface area contributed by atoms with Gasteiger partial charge in [-0.15, -0.1) is 0 Å². The summed E-state index contributed by atoms with van der Waals surface area (Å²) >= 11 is 6.60. The van der Waals surface area contributed by atoms with Crippen LogP contribution in [0.1, 0.15) is 72.5 Å². The SMILES string of the molecule is CCCCN(CCC)Cc1cc(-c2cccc(C)c2C)nc(C(C(N)=O)c2c(C)cccc2Cl)c1. The zero-order valence-corrected chi connectivity index (χ0v) is 22.5. The zero-order valence-electron chi connectivity index (χ0n) is 21.7. The monoisotopic (exact) mass is 491 g/mol. The quantitative estimate of drug-likeness (QED) is 0.315. The smallest absolute Gasteiger partial charge is 0.231 e. The van der Waals surface area contributed by atoms with Crippen molar-refractivity contribution in [3.63, 3.8) is 0 Å². The van der Waals surface area contributed by atoms with E-state index in [4.69, 9.17) is 22.3 Å². The Morgan fingerprint density at radius 3 is 2.37 bits per heavy atom. The van der Waals surface area contributed by atoms with Crippen LogP contribution in [0, 0.1) is 20.8 Å². The highest BCUT2D eigenvalue weighted by molar-refractivity contribution is 6.31. The summed E-state index contributed by atoms with van der Waals surface area (Å²) < 4.78 is 0. The van der Waals surface area contributed by atoms with Gasteiger partial charge in [-0.2, -0.15) is 0 Å². The first-order chi connectivity index (χ1) is 16.8. The van der Waals surface area contributed by atoms with Gasteiger partial charge in [-0.05, 0) is 92.7 Å². The number of nitrogens with zero attached hydrogens (tertiary/aromatic N) is 2. The second-order valence-electron chi connectivity index (χ2n) is 9.47. The fraction of sp³-hybridized carbons (Fsp3) is 0.400. The van der Waals surface area contributed by atoms with Gasteiger partial charge < -0.3 is 5.73 Å². The third-order valence-electron chi connectivity index (χ3n) is 6.70. The number of hydrogen-bond donors (Lipinski definition) is 1. The van der Waals surface area contributed by atoms with Gasteiger partial charge in [-0.3, -0.25) is 14.7 Å². The van der Waals surface area contributed by atoms with Crippen LogP contribution in [-0.2, 0) is 11.3 Å². The number of rotatable bonds is 11. The number of aromatic nitrogens is 1. The van der Waals surface area contributed by atoms with Crippen molar-refractivity contribution >= 4 is 17.5 Å². The predicted octanol–water partition coefficient (Wildman–Crippen LogP) is 6.96. The molecule has 0 saturated carbocycles. The van der Waals surface area contributed by atoms with Crippen LogP contribution in [0.25, 0.3) is 11.3 Å². The van der Waals surface area contributed by atoms with Crippen molar-refractivity contribution in [3.05, 3.63) is 87.1 Å². The van der Waals surface area contributed by atoms with Crippen molar-refractivity contribution in [2.75, 3.05) is 13.1 Å². The van der Waals surface area contributed by atoms with E-state index in [1.54, 1.807) is 0 Å². The van der Waals surface area contributed by atoms with E-state index in [-0.39, 0.29) is 0 Å². The van der Waals surface area contributed by atoms with Gasteiger partial charge in [-0.25, -0.2) is 0 Å². The van der Waals surface area contributed by atoms with Gasteiger partial charge in [-0.1, -0.05) is 62.2 Å². The number of benzene rings is 2. The number of aryl methyl sites for hydroxylation is 2. The minimum atomic E-state index is -0.720. The zero-order chi connectivity index (χ0) is 25.5. The summed E-state index contributed by atoms with van der Waals surface area (Å²) in [5.41, 5.74) is 13.8. The molecule has 1 heterocycles. The molecule has 3 rings (SSSR count). The molecule has 0 fully saturated rings. The van der Waals surface area contributed by atoms with Crippen molar-refractivity contribution in [1.29, 1.82) is 0 Å². The highest BCUT2D eigenvalue weighted by Crippen LogP contribution is 2.34. The van der Waals surface area contributed by atoms with Gasteiger partial charge in [0.15, 0.2) is 0 Å². The van der Waals surface area contributed by atoms with E-state index in [0.717, 1.165) is 66.8 Å². The fourth-order valence-corrected chi connectivity index (χ4v) is 5.02. The first-order valence-corrected chi connectivity index (χ1v) is 13.0. The Hall–Kier alpha value is -2.69.